The van der Waals surface area contributed by atoms with Gasteiger partial charge in [-0.15, -0.1) is 0 Å². The van der Waals surface area contributed by atoms with E-state index in [2.05, 4.69) is 6.58 Å². The van der Waals surface area contributed by atoms with E-state index in [0.717, 1.165) is 5.76 Å². The van der Waals surface area contributed by atoms with Gasteiger partial charge in [-0.25, -0.2) is 0 Å². The molecule has 0 aromatic rings. The molecule has 0 unspecified atom stereocenters. The van der Waals surface area contributed by atoms with Gasteiger partial charge >= 0.3 is 0 Å². The van der Waals surface area contributed by atoms with Crippen molar-refractivity contribution in [1.29, 1.82) is 0 Å². The van der Waals surface area contributed by atoms with Gasteiger partial charge in [-0.3, -0.25) is 0 Å². The van der Waals surface area contributed by atoms with E-state index < -0.39 is 0 Å². The van der Waals surface area contributed by atoms with Gasteiger partial charge < -0.3 is 4.74 Å². The Morgan fingerprint density at radius 1 is 1.38 bits per heavy atom. The average molecular weight is 178 g/mol. The maximum absolute atomic E-state index is 5.75. The lowest BCUT2D eigenvalue weighted by Gasteiger charge is -2.12. The van der Waals surface area contributed by atoms with E-state index in [9.17, 15) is 0 Å². The van der Waals surface area contributed by atoms with E-state index in [1.54, 1.807) is 6.08 Å². The van der Waals surface area contributed by atoms with Crippen molar-refractivity contribution < 1.29 is 4.74 Å². The third-order valence-electron chi connectivity index (χ3n) is 2.26. The van der Waals surface area contributed by atoms with Crippen LogP contribution in [0.15, 0.2) is 36.6 Å². The lowest BCUT2D eigenvalue weighted by Crippen LogP contribution is -2.05. The first kappa shape index (κ1) is 10.1. The van der Waals surface area contributed by atoms with Crippen molar-refractivity contribution in [3.8, 4) is 0 Å². The molecule has 1 nitrogen and oxygen atoms in total. The SMILES string of the molecule is C=C/C(=C\C=C/C)OC1CCCC1. The minimum absolute atomic E-state index is 0.425. The Morgan fingerprint density at radius 2 is 2.08 bits per heavy atom. The molecule has 0 bridgehead atoms. The zero-order chi connectivity index (χ0) is 9.52. The van der Waals surface area contributed by atoms with Gasteiger partial charge in [0, 0.05) is 0 Å². The molecule has 0 radical (unpaired) electrons. The van der Waals surface area contributed by atoms with Gasteiger partial charge in [0.15, 0.2) is 0 Å². The Balaban J connectivity index is 2.42. The first-order valence-electron chi connectivity index (χ1n) is 4.99. The predicted octanol–water partition coefficient (Wildman–Crippen LogP) is 3.59. The molecule has 0 atom stereocenters. The summed E-state index contributed by atoms with van der Waals surface area (Å²) in [5.74, 6) is 0.894. The minimum atomic E-state index is 0.425. The highest BCUT2D eigenvalue weighted by atomic mass is 16.5. The van der Waals surface area contributed by atoms with Crippen molar-refractivity contribution in [2.24, 2.45) is 0 Å². The maximum Gasteiger partial charge on any atom is 0.119 e. The molecule has 1 rings (SSSR count). The maximum atomic E-state index is 5.75. The van der Waals surface area contributed by atoms with E-state index >= 15 is 0 Å². The number of ether oxygens (including phenoxy) is 1. The van der Waals surface area contributed by atoms with Gasteiger partial charge in [0.05, 0.1) is 6.10 Å². The van der Waals surface area contributed by atoms with Crippen LogP contribution in [0.3, 0.4) is 0 Å². The second-order valence-electron chi connectivity index (χ2n) is 3.32. The zero-order valence-corrected chi connectivity index (χ0v) is 8.33. The minimum Gasteiger partial charge on any atom is -0.490 e. The molecule has 1 saturated carbocycles. The second kappa shape index (κ2) is 5.63. The van der Waals surface area contributed by atoms with Crippen molar-refractivity contribution in [2.75, 3.05) is 0 Å². The molecular formula is C12H18O. The molecule has 1 fully saturated rings. The Kier molecular flexibility index (Phi) is 4.37. The van der Waals surface area contributed by atoms with Gasteiger partial charge in [0.2, 0.25) is 0 Å². The fraction of sp³-hybridized carbons (Fsp3) is 0.500. The molecule has 1 aliphatic rings. The van der Waals surface area contributed by atoms with E-state index in [1.807, 2.05) is 25.2 Å². The van der Waals surface area contributed by atoms with Crippen LogP contribution in [-0.4, -0.2) is 6.10 Å². The summed E-state index contributed by atoms with van der Waals surface area (Å²) in [5, 5.41) is 0. The zero-order valence-electron chi connectivity index (χ0n) is 8.33. The highest BCUT2D eigenvalue weighted by molar-refractivity contribution is 5.16. The Labute approximate surface area is 80.8 Å². The largest absolute Gasteiger partial charge is 0.490 e. The standard InChI is InChI=1S/C12H18O/c1-3-5-8-11(4-2)13-12-9-6-7-10-12/h3-5,8,12H,2,6-7,9-10H2,1H3/b5-3-,11-8+. The van der Waals surface area contributed by atoms with Crippen LogP contribution in [0.25, 0.3) is 0 Å². The number of allylic oxidation sites excluding steroid dienone is 4. The van der Waals surface area contributed by atoms with Crippen LogP contribution in [0.4, 0.5) is 0 Å². The molecule has 0 aromatic heterocycles. The first-order chi connectivity index (χ1) is 6.36. The topological polar surface area (TPSA) is 9.23 Å². The van der Waals surface area contributed by atoms with Crippen LogP contribution in [0.2, 0.25) is 0 Å². The van der Waals surface area contributed by atoms with Gasteiger partial charge in [-0.05, 0) is 44.8 Å². The fourth-order valence-electron chi connectivity index (χ4n) is 1.55. The Hall–Kier alpha value is -0.980. The van der Waals surface area contributed by atoms with Gasteiger partial charge in [0.1, 0.15) is 5.76 Å². The summed E-state index contributed by atoms with van der Waals surface area (Å²) in [6.07, 6.45) is 13.1. The molecule has 1 heteroatoms. The van der Waals surface area contributed by atoms with Crippen LogP contribution >= 0.6 is 0 Å². The van der Waals surface area contributed by atoms with Crippen LogP contribution in [-0.2, 0) is 4.74 Å². The van der Waals surface area contributed by atoms with Crippen LogP contribution < -0.4 is 0 Å². The second-order valence-corrected chi connectivity index (χ2v) is 3.32. The first-order valence-corrected chi connectivity index (χ1v) is 4.99. The molecule has 0 spiro atoms. The van der Waals surface area contributed by atoms with Crippen LogP contribution in [0.1, 0.15) is 32.6 Å². The normalized spacial score (nSPS) is 19.6. The highest BCUT2D eigenvalue weighted by Crippen LogP contribution is 2.23. The van der Waals surface area contributed by atoms with Gasteiger partial charge in [-0.1, -0.05) is 18.7 Å². The smallest absolute Gasteiger partial charge is 0.119 e. The average Bonchev–Trinajstić information content (AvgIpc) is 2.64. The molecule has 0 saturated heterocycles. The van der Waals surface area contributed by atoms with Crippen molar-refractivity contribution in [3.05, 3.63) is 36.6 Å². The molecular weight excluding hydrogens is 160 g/mol. The molecule has 0 amide bonds. The number of hydrogen-bond acceptors (Lipinski definition) is 1. The predicted molar refractivity (Wildman–Crippen MR) is 56.4 cm³/mol. The molecule has 1 aliphatic carbocycles. The lowest BCUT2D eigenvalue weighted by molar-refractivity contribution is 0.131. The number of hydrogen-bond donors (Lipinski definition) is 0. The van der Waals surface area contributed by atoms with Crippen LogP contribution in [0, 0.1) is 0 Å². The highest BCUT2D eigenvalue weighted by Gasteiger charge is 2.16. The van der Waals surface area contributed by atoms with Crippen molar-refractivity contribution in [1.82, 2.24) is 0 Å². The monoisotopic (exact) mass is 178 g/mol. The van der Waals surface area contributed by atoms with E-state index in [-0.39, 0.29) is 0 Å². The molecule has 0 aliphatic heterocycles. The van der Waals surface area contributed by atoms with E-state index in [4.69, 9.17) is 4.74 Å². The van der Waals surface area contributed by atoms with Crippen molar-refractivity contribution in [3.63, 3.8) is 0 Å². The number of rotatable bonds is 4. The lowest BCUT2D eigenvalue weighted by atomic mass is 10.3. The molecule has 13 heavy (non-hydrogen) atoms. The van der Waals surface area contributed by atoms with Crippen LogP contribution in [0.5, 0.6) is 0 Å². The molecule has 0 heterocycles. The third kappa shape index (κ3) is 3.49. The van der Waals surface area contributed by atoms with E-state index in [0.29, 0.717) is 6.10 Å². The van der Waals surface area contributed by atoms with E-state index in [1.165, 1.54) is 25.7 Å². The molecule has 0 N–H and O–H groups in total. The summed E-state index contributed by atoms with van der Waals surface area (Å²) < 4.78 is 5.75. The summed E-state index contributed by atoms with van der Waals surface area (Å²) in [6, 6.07) is 0. The summed E-state index contributed by atoms with van der Waals surface area (Å²) in [4.78, 5) is 0. The van der Waals surface area contributed by atoms with Crippen molar-refractivity contribution in [2.45, 2.75) is 38.7 Å². The summed E-state index contributed by atoms with van der Waals surface area (Å²) in [5.41, 5.74) is 0. The fourth-order valence-corrected chi connectivity index (χ4v) is 1.55. The molecule has 72 valence electrons. The summed E-state index contributed by atoms with van der Waals surface area (Å²) in [7, 11) is 0. The molecule has 0 aromatic carbocycles. The summed E-state index contributed by atoms with van der Waals surface area (Å²) >= 11 is 0. The quantitative estimate of drug-likeness (QED) is 0.472. The third-order valence-corrected chi connectivity index (χ3v) is 2.26. The van der Waals surface area contributed by atoms with Gasteiger partial charge in [-0.2, -0.15) is 0 Å². The summed E-state index contributed by atoms with van der Waals surface area (Å²) in [6.45, 7) is 5.72. The van der Waals surface area contributed by atoms with Crippen molar-refractivity contribution >= 4 is 0 Å². The Morgan fingerprint density at radius 3 is 2.62 bits per heavy atom. The van der Waals surface area contributed by atoms with Gasteiger partial charge in [0.25, 0.3) is 0 Å². The Bertz CT molecular complexity index is 207.